The van der Waals surface area contributed by atoms with Gasteiger partial charge >= 0.3 is 0 Å². The lowest BCUT2D eigenvalue weighted by Gasteiger charge is -2.33. The van der Waals surface area contributed by atoms with Gasteiger partial charge in [0.05, 0.1) is 0 Å². The summed E-state index contributed by atoms with van der Waals surface area (Å²) >= 11 is 0. The van der Waals surface area contributed by atoms with Crippen molar-refractivity contribution in [1.29, 1.82) is 0 Å². The maximum Gasteiger partial charge on any atom is 0.292 e. The maximum absolute atomic E-state index is 11.9. The quantitative estimate of drug-likeness (QED) is 0.596. The van der Waals surface area contributed by atoms with Gasteiger partial charge in [0.1, 0.15) is 19.5 Å². The molecule has 1 saturated heterocycles. The molecule has 0 atom stereocenters. The Morgan fingerprint density at radius 2 is 2.00 bits per heavy atom. The molecule has 1 amide bonds. The third-order valence-electron chi connectivity index (χ3n) is 2.65. The molecule has 2 aliphatic heterocycles. The molecule has 0 aromatic heterocycles. The van der Waals surface area contributed by atoms with E-state index in [1.165, 1.54) is 6.26 Å². The Morgan fingerprint density at radius 3 is 2.60 bits per heavy atom. The number of nitrogens with zero attached hydrogens (tertiary/aromatic N) is 2. The van der Waals surface area contributed by atoms with Crippen LogP contribution in [0.4, 0.5) is 0 Å². The van der Waals surface area contributed by atoms with E-state index in [0.29, 0.717) is 19.0 Å². The second-order valence-electron chi connectivity index (χ2n) is 3.80. The van der Waals surface area contributed by atoms with E-state index in [9.17, 15) is 4.79 Å². The molecule has 0 unspecified atom stereocenters. The van der Waals surface area contributed by atoms with Gasteiger partial charge in [0.25, 0.3) is 5.91 Å². The van der Waals surface area contributed by atoms with Crippen LogP contribution in [-0.4, -0.2) is 62.1 Å². The van der Waals surface area contributed by atoms with Crippen molar-refractivity contribution in [1.82, 2.24) is 9.80 Å². The summed E-state index contributed by atoms with van der Waals surface area (Å²) in [5.41, 5.74) is 0. The third-order valence-corrected chi connectivity index (χ3v) is 2.65. The minimum atomic E-state index is -0.0530. The highest BCUT2D eigenvalue weighted by atomic mass is 16.6. The van der Waals surface area contributed by atoms with E-state index in [-0.39, 0.29) is 5.91 Å². The summed E-state index contributed by atoms with van der Waals surface area (Å²) in [6.07, 6.45) is 1.42. The molecule has 0 saturated carbocycles. The Balaban J connectivity index is 1.92. The third kappa shape index (κ3) is 2.41. The number of hydrogen-bond acceptors (Lipinski definition) is 4. The van der Waals surface area contributed by atoms with Crippen LogP contribution in [-0.2, 0) is 14.3 Å². The van der Waals surface area contributed by atoms with E-state index < -0.39 is 0 Å². The van der Waals surface area contributed by atoms with Crippen LogP contribution >= 0.6 is 0 Å². The molecule has 2 heterocycles. The van der Waals surface area contributed by atoms with Gasteiger partial charge < -0.3 is 19.3 Å². The number of rotatable bonds is 1. The van der Waals surface area contributed by atoms with E-state index >= 15 is 0 Å². The lowest BCUT2D eigenvalue weighted by molar-refractivity contribution is -0.133. The summed E-state index contributed by atoms with van der Waals surface area (Å²) in [6.45, 7) is 4.34. The minimum Gasteiger partial charge on any atom is -0.494 e. The molecule has 0 aromatic rings. The van der Waals surface area contributed by atoms with Crippen molar-refractivity contribution in [2.45, 2.75) is 0 Å². The molecule has 84 valence electrons. The molecule has 15 heavy (non-hydrogen) atoms. The molecule has 0 N–H and O–H groups in total. The average molecular weight is 212 g/mol. The van der Waals surface area contributed by atoms with Crippen LogP contribution in [0, 0.1) is 0 Å². The second-order valence-corrected chi connectivity index (χ2v) is 3.80. The highest BCUT2D eigenvalue weighted by Gasteiger charge is 2.24. The molecule has 5 nitrogen and oxygen atoms in total. The predicted octanol–water partition coefficient (Wildman–Crippen LogP) is -0.351. The second kappa shape index (κ2) is 4.53. The van der Waals surface area contributed by atoms with Gasteiger partial charge in [0, 0.05) is 26.2 Å². The van der Waals surface area contributed by atoms with Crippen molar-refractivity contribution in [2.24, 2.45) is 0 Å². The summed E-state index contributed by atoms with van der Waals surface area (Å²) < 4.78 is 10.3. The fourth-order valence-electron chi connectivity index (χ4n) is 1.65. The fourth-order valence-corrected chi connectivity index (χ4v) is 1.65. The van der Waals surface area contributed by atoms with Crippen molar-refractivity contribution < 1.29 is 14.3 Å². The topological polar surface area (TPSA) is 42.0 Å². The van der Waals surface area contributed by atoms with Gasteiger partial charge in [-0.3, -0.25) is 4.79 Å². The summed E-state index contributed by atoms with van der Waals surface area (Å²) in [5, 5.41) is 0. The van der Waals surface area contributed by atoms with Gasteiger partial charge in [0.2, 0.25) is 5.76 Å². The molecule has 0 bridgehead atoms. The van der Waals surface area contributed by atoms with Crippen LogP contribution in [0.1, 0.15) is 0 Å². The van der Waals surface area contributed by atoms with Gasteiger partial charge in [0.15, 0.2) is 0 Å². The number of amides is 1. The Kier molecular flexibility index (Phi) is 3.11. The standard InChI is InChI=1S/C10H16N2O3/c1-11-2-4-12(5-3-11)10(13)9-8-14-6-7-15-9/h8H,2-7H2,1H3. The summed E-state index contributed by atoms with van der Waals surface area (Å²) in [4.78, 5) is 15.9. The number of hydrogen-bond donors (Lipinski definition) is 0. The van der Waals surface area contributed by atoms with Crippen molar-refractivity contribution in [3.63, 3.8) is 0 Å². The highest BCUT2D eigenvalue weighted by Crippen LogP contribution is 2.10. The first-order valence-electron chi connectivity index (χ1n) is 5.20. The molecular formula is C10H16N2O3. The van der Waals surface area contributed by atoms with Gasteiger partial charge in [-0.05, 0) is 7.05 Å². The van der Waals surface area contributed by atoms with Crippen LogP contribution in [0.5, 0.6) is 0 Å². The Labute approximate surface area is 89.2 Å². The molecule has 5 heteroatoms. The molecule has 0 spiro atoms. The smallest absolute Gasteiger partial charge is 0.292 e. The zero-order chi connectivity index (χ0) is 10.7. The maximum atomic E-state index is 11.9. The lowest BCUT2D eigenvalue weighted by atomic mass is 10.3. The van der Waals surface area contributed by atoms with Gasteiger partial charge in [-0.15, -0.1) is 0 Å². The predicted molar refractivity (Wildman–Crippen MR) is 54.1 cm³/mol. The molecule has 0 aromatic carbocycles. The average Bonchev–Trinajstić information content (AvgIpc) is 2.30. The largest absolute Gasteiger partial charge is 0.494 e. The zero-order valence-corrected chi connectivity index (χ0v) is 8.94. The van der Waals surface area contributed by atoms with E-state index in [2.05, 4.69) is 11.9 Å². The first-order valence-corrected chi connectivity index (χ1v) is 5.20. The lowest BCUT2D eigenvalue weighted by Crippen LogP contribution is -2.48. The number of piperazine rings is 1. The molecule has 1 fully saturated rings. The zero-order valence-electron chi connectivity index (χ0n) is 8.94. The summed E-state index contributed by atoms with van der Waals surface area (Å²) in [5.74, 6) is 0.286. The first kappa shape index (κ1) is 10.3. The number of carbonyl (C=O) groups is 1. The van der Waals surface area contributed by atoms with Gasteiger partial charge in [-0.2, -0.15) is 0 Å². The van der Waals surface area contributed by atoms with Crippen LogP contribution < -0.4 is 0 Å². The van der Waals surface area contributed by atoms with E-state index in [1.54, 1.807) is 4.90 Å². The molecule has 0 radical (unpaired) electrons. The minimum absolute atomic E-state index is 0.0530. The Bertz CT molecular complexity index is 270. The molecule has 2 aliphatic rings. The Hall–Kier alpha value is -1.23. The normalized spacial score (nSPS) is 22.7. The van der Waals surface area contributed by atoms with Gasteiger partial charge in [-0.1, -0.05) is 0 Å². The van der Waals surface area contributed by atoms with Crippen molar-refractivity contribution in [2.75, 3.05) is 46.4 Å². The van der Waals surface area contributed by atoms with E-state index in [1.807, 2.05) is 0 Å². The van der Waals surface area contributed by atoms with Crippen molar-refractivity contribution in [3.8, 4) is 0 Å². The fraction of sp³-hybridized carbons (Fsp3) is 0.700. The van der Waals surface area contributed by atoms with Crippen LogP contribution in [0.2, 0.25) is 0 Å². The monoisotopic (exact) mass is 212 g/mol. The molecular weight excluding hydrogens is 196 g/mol. The molecule has 2 rings (SSSR count). The molecule has 0 aliphatic carbocycles. The van der Waals surface area contributed by atoms with Gasteiger partial charge in [-0.25, -0.2) is 0 Å². The number of likely N-dealkylation sites (N-methyl/N-ethyl adjacent to an activating group) is 1. The van der Waals surface area contributed by atoms with Crippen LogP contribution in [0.15, 0.2) is 12.0 Å². The van der Waals surface area contributed by atoms with Crippen molar-refractivity contribution in [3.05, 3.63) is 12.0 Å². The van der Waals surface area contributed by atoms with Crippen molar-refractivity contribution >= 4 is 5.91 Å². The van der Waals surface area contributed by atoms with E-state index in [0.717, 1.165) is 26.2 Å². The van der Waals surface area contributed by atoms with Crippen LogP contribution in [0.25, 0.3) is 0 Å². The summed E-state index contributed by atoms with van der Waals surface area (Å²) in [6, 6.07) is 0. The highest BCUT2D eigenvalue weighted by molar-refractivity contribution is 5.91. The number of carbonyl (C=O) groups excluding carboxylic acids is 1. The summed E-state index contributed by atoms with van der Waals surface area (Å²) in [7, 11) is 2.06. The SMILES string of the molecule is CN1CCN(C(=O)C2=COCCO2)CC1. The van der Waals surface area contributed by atoms with E-state index in [4.69, 9.17) is 9.47 Å². The first-order chi connectivity index (χ1) is 7.27. The Morgan fingerprint density at radius 1 is 1.27 bits per heavy atom. The number of ether oxygens (including phenoxy) is 2. The van der Waals surface area contributed by atoms with Crippen LogP contribution in [0.3, 0.4) is 0 Å².